The minimum Gasteiger partial charge on any atom is -0.298 e. The van der Waals surface area contributed by atoms with Gasteiger partial charge >= 0.3 is 6.18 Å². The summed E-state index contributed by atoms with van der Waals surface area (Å²) in [5, 5.41) is 0. The topological polar surface area (TPSA) is 20.3 Å². The van der Waals surface area contributed by atoms with Crippen LogP contribution in [0.4, 0.5) is 13.2 Å². The van der Waals surface area contributed by atoms with Crippen molar-refractivity contribution in [2.75, 3.05) is 6.54 Å². The number of benzene rings is 1. The van der Waals surface area contributed by atoms with E-state index in [0.717, 1.165) is 31.9 Å². The molecule has 0 bridgehead atoms. The molecule has 5 heteroatoms. The molecule has 1 unspecified atom stereocenters. The number of hydrogen-bond acceptors (Lipinski definition) is 2. The monoisotopic (exact) mass is 285 g/mol. The van der Waals surface area contributed by atoms with Gasteiger partial charge in [-0.15, -0.1) is 0 Å². The van der Waals surface area contributed by atoms with E-state index in [0.29, 0.717) is 12.1 Å². The van der Waals surface area contributed by atoms with Crippen molar-refractivity contribution in [3.8, 4) is 0 Å². The van der Waals surface area contributed by atoms with Gasteiger partial charge in [-0.05, 0) is 37.9 Å². The Morgan fingerprint density at radius 1 is 1.35 bits per heavy atom. The van der Waals surface area contributed by atoms with Gasteiger partial charge in [-0.25, -0.2) is 0 Å². The number of nitrogens with zero attached hydrogens (tertiary/aromatic N) is 1. The quantitative estimate of drug-likeness (QED) is 0.845. The number of rotatable bonds is 3. The highest BCUT2D eigenvalue weighted by Gasteiger charge is 2.31. The van der Waals surface area contributed by atoms with Gasteiger partial charge in [-0.1, -0.05) is 24.6 Å². The Hall–Kier alpha value is -1.36. The first-order valence-corrected chi connectivity index (χ1v) is 6.78. The van der Waals surface area contributed by atoms with Crippen molar-refractivity contribution in [3.63, 3.8) is 0 Å². The highest BCUT2D eigenvalue weighted by atomic mass is 19.4. The van der Waals surface area contributed by atoms with Crippen LogP contribution < -0.4 is 0 Å². The molecular weight excluding hydrogens is 267 g/mol. The van der Waals surface area contributed by atoms with Crippen LogP contribution in [-0.2, 0) is 17.5 Å². The number of Topliss-reactive ketones (excluding diaryl/α,β-unsaturated/α-hetero) is 1. The van der Waals surface area contributed by atoms with E-state index in [1.54, 1.807) is 13.0 Å². The lowest BCUT2D eigenvalue weighted by Gasteiger charge is -2.34. The molecule has 1 aromatic carbocycles. The van der Waals surface area contributed by atoms with Crippen molar-refractivity contribution in [2.24, 2.45) is 0 Å². The number of carbonyl (C=O) groups is 1. The van der Waals surface area contributed by atoms with E-state index < -0.39 is 11.7 Å². The van der Waals surface area contributed by atoms with Crippen LogP contribution in [0.2, 0.25) is 0 Å². The summed E-state index contributed by atoms with van der Waals surface area (Å²) < 4.78 is 38.1. The fourth-order valence-electron chi connectivity index (χ4n) is 2.72. The lowest BCUT2D eigenvalue weighted by Crippen LogP contribution is -2.43. The van der Waals surface area contributed by atoms with E-state index in [1.807, 2.05) is 4.90 Å². The van der Waals surface area contributed by atoms with Crippen LogP contribution in [0.5, 0.6) is 0 Å². The third-order valence-corrected chi connectivity index (χ3v) is 3.72. The van der Waals surface area contributed by atoms with Crippen LogP contribution in [0.15, 0.2) is 24.3 Å². The number of halogens is 3. The van der Waals surface area contributed by atoms with Gasteiger partial charge in [0.05, 0.1) is 11.6 Å². The van der Waals surface area contributed by atoms with Crippen LogP contribution in [0.1, 0.15) is 37.3 Å². The second-order valence-electron chi connectivity index (χ2n) is 5.29. The average molecular weight is 285 g/mol. The summed E-state index contributed by atoms with van der Waals surface area (Å²) in [5.74, 6) is 0.0941. The number of piperidine rings is 1. The van der Waals surface area contributed by atoms with E-state index in [1.165, 1.54) is 12.1 Å². The fourth-order valence-corrected chi connectivity index (χ4v) is 2.72. The molecule has 0 spiro atoms. The Labute approximate surface area is 116 Å². The summed E-state index contributed by atoms with van der Waals surface area (Å²) in [6.45, 7) is 2.71. The normalized spacial score (nSPS) is 20.9. The SMILES string of the molecule is CC(=O)C1CCCCN1Cc1cccc(C(F)(F)F)c1. The molecule has 110 valence electrons. The molecule has 0 saturated carbocycles. The van der Waals surface area contributed by atoms with Gasteiger partial charge in [0.1, 0.15) is 5.78 Å². The Morgan fingerprint density at radius 3 is 2.75 bits per heavy atom. The first-order chi connectivity index (χ1) is 9.38. The van der Waals surface area contributed by atoms with Crippen molar-refractivity contribution >= 4 is 5.78 Å². The van der Waals surface area contributed by atoms with E-state index in [-0.39, 0.29) is 11.8 Å². The zero-order valence-electron chi connectivity index (χ0n) is 11.4. The number of alkyl halides is 3. The molecule has 1 atom stereocenters. The molecule has 0 N–H and O–H groups in total. The van der Waals surface area contributed by atoms with Crippen LogP contribution in [0, 0.1) is 0 Å². The Morgan fingerprint density at radius 2 is 2.10 bits per heavy atom. The molecule has 2 rings (SSSR count). The summed E-state index contributed by atoms with van der Waals surface area (Å²) in [4.78, 5) is 13.6. The maximum Gasteiger partial charge on any atom is 0.416 e. The number of hydrogen-bond donors (Lipinski definition) is 0. The van der Waals surface area contributed by atoms with Gasteiger partial charge in [0.25, 0.3) is 0 Å². The van der Waals surface area contributed by atoms with Crippen molar-refractivity contribution in [1.82, 2.24) is 4.90 Å². The largest absolute Gasteiger partial charge is 0.416 e. The van der Waals surface area contributed by atoms with Gasteiger partial charge in [-0.2, -0.15) is 13.2 Å². The smallest absolute Gasteiger partial charge is 0.298 e. The molecule has 1 aliphatic rings. The van der Waals surface area contributed by atoms with Gasteiger partial charge in [0.15, 0.2) is 0 Å². The highest BCUT2D eigenvalue weighted by Crippen LogP contribution is 2.30. The molecule has 1 saturated heterocycles. The minimum absolute atomic E-state index is 0.0941. The summed E-state index contributed by atoms with van der Waals surface area (Å²) in [7, 11) is 0. The summed E-state index contributed by atoms with van der Waals surface area (Å²) in [6, 6.07) is 5.19. The van der Waals surface area contributed by atoms with Crippen molar-refractivity contribution < 1.29 is 18.0 Å². The Kier molecular flexibility index (Phi) is 4.48. The molecule has 1 aromatic rings. The Balaban J connectivity index is 2.14. The third-order valence-electron chi connectivity index (χ3n) is 3.72. The van der Waals surface area contributed by atoms with Gasteiger partial charge in [0.2, 0.25) is 0 Å². The maximum absolute atomic E-state index is 12.7. The predicted molar refractivity (Wildman–Crippen MR) is 70.2 cm³/mol. The molecule has 0 amide bonds. The second kappa shape index (κ2) is 5.95. The lowest BCUT2D eigenvalue weighted by atomic mass is 9.98. The minimum atomic E-state index is -4.32. The Bertz CT molecular complexity index is 484. The standard InChI is InChI=1S/C15H18F3NO/c1-11(20)14-7-2-3-8-19(14)10-12-5-4-6-13(9-12)15(16,17)18/h4-6,9,14H,2-3,7-8,10H2,1H3. The zero-order valence-corrected chi connectivity index (χ0v) is 11.4. The van der Waals surface area contributed by atoms with Crippen LogP contribution in [0.25, 0.3) is 0 Å². The first-order valence-electron chi connectivity index (χ1n) is 6.78. The molecule has 0 radical (unpaired) electrons. The summed E-state index contributed by atoms with van der Waals surface area (Å²) in [6.07, 6.45) is -1.53. The fraction of sp³-hybridized carbons (Fsp3) is 0.533. The van der Waals surface area contributed by atoms with E-state index in [4.69, 9.17) is 0 Å². The van der Waals surface area contributed by atoms with Crippen molar-refractivity contribution in [1.29, 1.82) is 0 Å². The van der Waals surface area contributed by atoms with Gasteiger partial charge in [-0.3, -0.25) is 9.69 Å². The molecule has 0 aliphatic carbocycles. The number of ketones is 1. The summed E-state index contributed by atoms with van der Waals surface area (Å²) in [5.41, 5.74) is -0.0284. The second-order valence-corrected chi connectivity index (χ2v) is 5.29. The first kappa shape index (κ1) is 15.0. The van der Waals surface area contributed by atoms with Gasteiger partial charge < -0.3 is 0 Å². The molecule has 2 nitrogen and oxygen atoms in total. The molecular formula is C15H18F3NO. The molecule has 1 aliphatic heterocycles. The van der Waals surface area contributed by atoms with Crippen molar-refractivity contribution in [3.05, 3.63) is 35.4 Å². The molecule has 0 aromatic heterocycles. The third kappa shape index (κ3) is 3.60. The number of carbonyl (C=O) groups excluding carboxylic acids is 1. The number of likely N-dealkylation sites (tertiary alicyclic amines) is 1. The maximum atomic E-state index is 12.7. The average Bonchev–Trinajstić information content (AvgIpc) is 2.38. The van der Waals surface area contributed by atoms with Crippen molar-refractivity contribution in [2.45, 2.75) is 44.9 Å². The summed E-state index contributed by atoms with van der Waals surface area (Å²) >= 11 is 0. The molecule has 20 heavy (non-hydrogen) atoms. The van der Waals surface area contributed by atoms with Gasteiger partial charge in [0, 0.05) is 6.54 Å². The lowest BCUT2D eigenvalue weighted by molar-refractivity contribution is -0.137. The van der Waals surface area contributed by atoms with E-state index in [2.05, 4.69) is 0 Å². The van der Waals surface area contributed by atoms with E-state index >= 15 is 0 Å². The molecule has 1 heterocycles. The van der Waals surface area contributed by atoms with Crippen LogP contribution in [-0.4, -0.2) is 23.3 Å². The van der Waals surface area contributed by atoms with E-state index in [9.17, 15) is 18.0 Å². The zero-order chi connectivity index (χ0) is 14.8. The van der Waals surface area contributed by atoms with Crippen LogP contribution >= 0.6 is 0 Å². The molecule has 1 fully saturated rings. The van der Waals surface area contributed by atoms with Crippen LogP contribution in [0.3, 0.4) is 0 Å². The predicted octanol–water partition coefficient (Wildman–Crippen LogP) is 3.65. The highest BCUT2D eigenvalue weighted by molar-refractivity contribution is 5.81.